The van der Waals surface area contributed by atoms with E-state index in [4.69, 9.17) is 0 Å². The summed E-state index contributed by atoms with van der Waals surface area (Å²) in [6.45, 7) is 4.95. The van der Waals surface area contributed by atoms with E-state index in [1.54, 1.807) is 0 Å². The topological polar surface area (TPSA) is 28.0 Å². The largest absolute Gasteiger partial charge is 0.309 e. The van der Waals surface area contributed by atoms with E-state index in [-0.39, 0.29) is 0 Å². The molecular formula is C10H21N3. The number of rotatable bonds is 7. The van der Waals surface area contributed by atoms with Crippen molar-refractivity contribution in [2.24, 2.45) is 9.98 Å². The van der Waals surface area contributed by atoms with Crippen LogP contribution in [0, 0.1) is 0 Å². The third-order valence-electron chi connectivity index (χ3n) is 1.60. The van der Waals surface area contributed by atoms with E-state index in [9.17, 15) is 0 Å². The fourth-order valence-corrected chi connectivity index (χ4v) is 0.881. The van der Waals surface area contributed by atoms with Crippen LogP contribution in [0.2, 0.25) is 0 Å². The summed E-state index contributed by atoms with van der Waals surface area (Å²) < 4.78 is 0. The molecule has 0 aromatic rings. The van der Waals surface area contributed by atoms with Crippen LogP contribution in [0.4, 0.5) is 0 Å². The Morgan fingerprint density at radius 2 is 1.77 bits per heavy atom. The van der Waals surface area contributed by atoms with Crippen molar-refractivity contribution in [2.75, 3.05) is 33.7 Å². The Kier molecular flexibility index (Phi) is 8.95. The summed E-state index contributed by atoms with van der Waals surface area (Å²) in [7, 11) is 4.18. The second-order valence-electron chi connectivity index (χ2n) is 3.37. The van der Waals surface area contributed by atoms with Gasteiger partial charge >= 0.3 is 0 Å². The van der Waals surface area contributed by atoms with Gasteiger partial charge < -0.3 is 4.90 Å². The third kappa shape index (κ3) is 11.3. The van der Waals surface area contributed by atoms with Gasteiger partial charge in [0.05, 0.1) is 6.01 Å². The lowest BCUT2D eigenvalue weighted by Crippen LogP contribution is -2.12. The molecule has 0 unspecified atom stereocenters. The summed E-state index contributed by atoms with van der Waals surface area (Å²) in [6.07, 6.45) is 3.40. The van der Waals surface area contributed by atoms with Gasteiger partial charge in [-0.05, 0) is 39.9 Å². The molecule has 0 spiro atoms. The summed E-state index contributed by atoms with van der Waals surface area (Å²) in [5.74, 6) is 0. The van der Waals surface area contributed by atoms with Crippen LogP contribution in [0.3, 0.4) is 0 Å². The quantitative estimate of drug-likeness (QED) is 0.438. The van der Waals surface area contributed by atoms with Gasteiger partial charge in [-0.3, -0.25) is 0 Å². The number of unbranched alkanes of at least 4 members (excludes halogenated alkanes) is 1. The van der Waals surface area contributed by atoms with Crippen LogP contribution in [0.5, 0.6) is 0 Å². The van der Waals surface area contributed by atoms with Crippen LogP contribution in [0.25, 0.3) is 0 Å². The third-order valence-corrected chi connectivity index (χ3v) is 1.60. The van der Waals surface area contributed by atoms with Crippen LogP contribution in [-0.2, 0) is 0 Å². The molecule has 0 fully saturated rings. The Balaban J connectivity index is 3.20. The zero-order valence-electron chi connectivity index (χ0n) is 9.08. The molecule has 13 heavy (non-hydrogen) atoms. The maximum Gasteiger partial charge on any atom is 0.0892 e. The summed E-state index contributed by atoms with van der Waals surface area (Å²) in [6, 6.07) is 2.71. The van der Waals surface area contributed by atoms with Gasteiger partial charge in [0.1, 0.15) is 0 Å². The van der Waals surface area contributed by atoms with Crippen molar-refractivity contribution in [1.82, 2.24) is 4.90 Å². The van der Waals surface area contributed by atoms with Gasteiger partial charge in [0, 0.05) is 13.1 Å². The monoisotopic (exact) mass is 183 g/mol. The molecule has 0 N–H and O–H groups in total. The molecule has 3 heteroatoms. The molecule has 0 atom stereocenters. The molecule has 0 rings (SSSR count). The molecule has 0 aliphatic carbocycles. The van der Waals surface area contributed by atoms with Crippen molar-refractivity contribution in [3.8, 4) is 0 Å². The molecular weight excluding hydrogens is 162 g/mol. The van der Waals surface area contributed by atoms with Gasteiger partial charge in [-0.15, -0.1) is 0 Å². The highest BCUT2D eigenvalue weighted by molar-refractivity contribution is 5.40. The SMILES string of the molecule is CCCN=C=NCCCCN(C)C. The molecule has 0 radical (unpaired) electrons. The predicted molar refractivity (Wildman–Crippen MR) is 57.7 cm³/mol. The van der Waals surface area contributed by atoms with Gasteiger partial charge in [0.2, 0.25) is 0 Å². The zero-order chi connectivity index (χ0) is 9.94. The Hall–Kier alpha value is -0.660. The average Bonchev–Trinajstić information content (AvgIpc) is 2.09. The van der Waals surface area contributed by atoms with Crippen LogP contribution >= 0.6 is 0 Å². The highest BCUT2D eigenvalue weighted by Crippen LogP contribution is 1.90. The molecule has 3 nitrogen and oxygen atoms in total. The standard InChI is InChI=1S/C10H21N3/c1-4-7-11-10-12-8-5-6-9-13(2)3/h4-9H2,1-3H3. The van der Waals surface area contributed by atoms with Crippen molar-refractivity contribution < 1.29 is 0 Å². The lowest BCUT2D eigenvalue weighted by Gasteiger charge is -2.06. The summed E-state index contributed by atoms with van der Waals surface area (Å²) >= 11 is 0. The van der Waals surface area contributed by atoms with Crippen LogP contribution in [0.1, 0.15) is 26.2 Å². The van der Waals surface area contributed by atoms with Crippen LogP contribution in [0.15, 0.2) is 9.98 Å². The first-order valence-electron chi connectivity index (χ1n) is 5.00. The minimum atomic E-state index is 0.848. The van der Waals surface area contributed by atoms with E-state index in [0.29, 0.717) is 0 Å². The van der Waals surface area contributed by atoms with Gasteiger partial charge in [-0.25, -0.2) is 9.98 Å². The van der Waals surface area contributed by atoms with E-state index < -0.39 is 0 Å². The summed E-state index contributed by atoms with van der Waals surface area (Å²) in [5, 5.41) is 0. The fourth-order valence-electron chi connectivity index (χ4n) is 0.881. The number of nitrogens with zero attached hydrogens (tertiary/aromatic N) is 3. The Labute approximate surface area is 81.6 Å². The van der Waals surface area contributed by atoms with Gasteiger partial charge in [-0.2, -0.15) is 0 Å². The lowest BCUT2D eigenvalue weighted by atomic mass is 10.3. The minimum absolute atomic E-state index is 0.848. The Bertz CT molecular complexity index is 158. The number of hydrogen-bond donors (Lipinski definition) is 0. The maximum absolute atomic E-state index is 4.07. The first-order chi connectivity index (χ1) is 6.27. The Morgan fingerprint density at radius 3 is 2.38 bits per heavy atom. The molecule has 0 aromatic heterocycles. The van der Waals surface area contributed by atoms with E-state index in [1.165, 1.54) is 6.42 Å². The summed E-state index contributed by atoms with van der Waals surface area (Å²) in [4.78, 5) is 10.3. The van der Waals surface area contributed by atoms with Crippen molar-refractivity contribution in [3.63, 3.8) is 0 Å². The maximum atomic E-state index is 4.07. The molecule has 0 bridgehead atoms. The van der Waals surface area contributed by atoms with Crippen molar-refractivity contribution in [3.05, 3.63) is 0 Å². The molecule has 0 saturated heterocycles. The first-order valence-corrected chi connectivity index (χ1v) is 5.00. The normalized spacial score (nSPS) is 9.85. The number of hydrogen-bond acceptors (Lipinski definition) is 3. The molecule has 0 aliphatic heterocycles. The summed E-state index contributed by atoms with van der Waals surface area (Å²) in [5.41, 5.74) is 0. The van der Waals surface area contributed by atoms with Crippen LogP contribution < -0.4 is 0 Å². The first kappa shape index (κ1) is 12.3. The lowest BCUT2D eigenvalue weighted by molar-refractivity contribution is 0.396. The van der Waals surface area contributed by atoms with Crippen molar-refractivity contribution in [2.45, 2.75) is 26.2 Å². The van der Waals surface area contributed by atoms with Crippen molar-refractivity contribution in [1.29, 1.82) is 0 Å². The average molecular weight is 183 g/mol. The van der Waals surface area contributed by atoms with E-state index in [0.717, 1.165) is 32.5 Å². The highest BCUT2D eigenvalue weighted by Gasteiger charge is 1.88. The highest BCUT2D eigenvalue weighted by atomic mass is 15.0. The van der Waals surface area contributed by atoms with Gasteiger partial charge in [-0.1, -0.05) is 6.92 Å². The van der Waals surface area contributed by atoms with Gasteiger partial charge in [0.15, 0.2) is 0 Å². The second kappa shape index (κ2) is 9.43. The molecule has 0 aliphatic rings. The molecule has 0 heterocycles. The fraction of sp³-hybridized carbons (Fsp3) is 0.900. The smallest absolute Gasteiger partial charge is 0.0892 e. The minimum Gasteiger partial charge on any atom is -0.309 e. The predicted octanol–water partition coefficient (Wildman–Crippen LogP) is 1.91. The molecule has 76 valence electrons. The molecule has 0 amide bonds. The molecule has 0 aromatic carbocycles. The van der Waals surface area contributed by atoms with Crippen molar-refractivity contribution >= 4 is 6.01 Å². The molecule has 0 saturated carbocycles. The van der Waals surface area contributed by atoms with E-state index >= 15 is 0 Å². The van der Waals surface area contributed by atoms with Gasteiger partial charge in [0.25, 0.3) is 0 Å². The number of aliphatic imine (C=N–C) groups is 2. The van der Waals surface area contributed by atoms with Crippen LogP contribution in [-0.4, -0.2) is 44.6 Å². The van der Waals surface area contributed by atoms with E-state index in [1.807, 2.05) is 0 Å². The zero-order valence-corrected chi connectivity index (χ0v) is 9.08. The van der Waals surface area contributed by atoms with E-state index in [2.05, 4.69) is 41.9 Å². The second-order valence-corrected chi connectivity index (χ2v) is 3.37. The Morgan fingerprint density at radius 1 is 1.08 bits per heavy atom.